The molecule has 1 amide bonds. The van der Waals surface area contributed by atoms with E-state index in [9.17, 15) is 13.6 Å². The van der Waals surface area contributed by atoms with Crippen LogP contribution in [0.3, 0.4) is 0 Å². The molecule has 9 nitrogen and oxygen atoms in total. The summed E-state index contributed by atoms with van der Waals surface area (Å²) in [6, 6.07) is 8.18. The number of aryl methyl sites for hydroxylation is 2. The SMILES string of the molecule is Cc1ccc(F)c(C(=O)Nc2ccc(Oc3ncnn4cc(OCCN5CCN(C)CC5)c(C)c34)c(F)c2)c1.Cl.Cl. The highest BCUT2D eigenvalue weighted by Gasteiger charge is 2.19. The summed E-state index contributed by atoms with van der Waals surface area (Å²) in [4.78, 5) is 21.4. The zero-order valence-corrected chi connectivity index (χ0v) is 24.5. The number of carbonyl (C=O) groups is 1. The van der Waals surface area contributed by atoms with Crippen LogP contribution < -0.4 is 14.8 Å². The van der Waals surface area contributed by atoms with Crippen LogP contribution in [0.4, 0.5) is 14.5 Å². The van der Waals surface area contributed by atoms with Crippen LogP contribution in [0.2, 0.25) is 0 Å². The van der Waals surface area contributed by atoms with Gasteiger partial charge in [-0.05, 0) is 45.2 Å². The molecule has 2 aromatic carbocycles. The Morgan fingerprint density at radius 3 is 2.49 bits per heavy atom. The number of rotatable bonds is 8. The van der Waals surface area contributed by atoms with Crippen LogP contribution in [0.15, 0.2) is 48.9 Å². The van der Waals surface area contributed by atoms with Crippen LogP contribution in [0, 0.1) is 25.5 Å². The van der Waals surface area contributed by atoms with E-state index in [0.29, 0.717) is 17.9 Å². The summed E-state index contributed by atoms with van der Waals surface area (Å²) >= 11 is 0. The minimum atomic E-state index is -0.720. The van der Waals surface area contributed by atoms with Gasteiger partial charge in [0.05, 0.1) is 11.8 Å². The van der Waals surface area contributed by atoms with E-state index in [4.69, 9.17) is 9.47 Å². The fraction of sp³-hybridized carbons (Fsp3) is 0.321. The fourth-order valence-corrected chi connectivity index (χ4v) is 4.46. The van der Waals surface area contributed by atoms with E-state index >= 15 is 0 Å². The normalized spacial score (nSPS) is 13.8. The molecule has 13 heteroatoms. The fourth-order valence-electron chi connectivity index (χ4n) is 4.46. The Bertz CT molecular complexity index is 1510. The second-order valence-corrected chi connectivity index (χ2v) is 9.65. The summed E-state index contributed by atoms with van der Waals surface area (Å²) in [6.45, 7) is 9.08. The summed E-state index contributed by atoms with van der Waals surface area (Å²) in [7, 11) is 2.12. The first-order valence-corrected chi connectivity index (χ1v) is 12.7. The number of likely N-dealkylation sites (N-methyl/N-ethyl adjacent to an activating group) is 1. The molecule has 1 aliphatic rings. The van der Waals surface area contributed by atoms with Gasteiger partial charge in [0.1, 0.15) is 30.0 Å². The number of anilines is 1. The summed E-state index contributed by atoms with van der Waals surface area (Å²) in [5, 5.41) is 6.76. The van der Waals surface area contributed by atoms with Gasteiger partial charge in [0.25, 0.3) is 5.91 Å². The van der Waals surface area contributed by atoms with Gasteiger partial charge in [-0.1, -0.05) is 11.6 Å². The molecule has 0 saturated carbocycles. The van der Waals surface area contributed by atoms with Crippen molar-refractivity contribution in [1.29, 1.82) is 0 Å². The van der Waals surface area contributed by atoms with Gasteiger partial charge in [-0.25, -0.2) is 13.3 Å². The Balaban J connectivity index is 0.00000231. The van der Waals surface area contributed by atoms with Crippen molar-refractivity contribution < 1.29 is 23.0 Å². The maximum absolute atomic E-state index is 15.0. The number of hydrogen-bond acceptors (Lipinski definition) is 7. The number of ether oxygens (including phenoxy) is 2. The first-order chi connectivity index (χ1) is 18.8. The summed E-state index contributed by atoms with van der Waals surface area (Å²) in [5.74, 6) is -1.33. The third kappa shape index (κ3) is 7.42. The highest BCUT2D eigenvalue weighted by Crippen LogP contribution is 2.33. The maximum Gasteiger partial charge on any atom is 0.258 e. The predicted octanol–water partition coefficient (Wildman–Crippen LogP) is 5.14. The number of aromatic nitrogens is 3. The molecule has 2 aromatic heterocycles. The highest BCUT2D eigenvalue weighted by molar-refractivity contribution is 6.04. The summed E-state index contributed by atoms with van der Waals surface area (Å²) < 4.78 is 42.5. The molecule has 1 fully saturated rings. The first-order valence-electron chi connectivity index (χ1n) is 12.7. The van der Waals surface area contributed by atoms with Crippen molar-refractivity contribution in [2.75, 3.05) is 51.7 Å². The lowest BCUT2D eigenvalue weighted by molar-refractivity contribution is 0.102. The molecule has 0 aliphatic carbocycles. The zero-order valence-electron chi connectivity index (χ0n) is 22.9. The molecule has 0 unspecified atom stereocenters. The van der Waals surface area contributed by atoms with Gasteiger partial charge in [-0.2, -0.15) is 10.1 Å². The average molecular weight is 610 g/mol. The van der Waals surface area contributed by atoms with Crippen molar-refractivity contribution in [2.24, 2.45) is 0 Å². The van der Waals surface area contributed by atoms with Crippen LogP contribution in [0.5, 0.6) is 17.4 Å². The highest BCUT2D eigenvalue weighted by atomic mass is 35.5. The second kappa shape index (κ2) is 13.9. The first kappa shape index (κ1) is 32.0. The lowest BCUT2D eigenvalue weighted by Gasteiger charge is -2.32. The standard InChI is InChI=1S/C28H30F2N6O3.2ClH/c1-18-4-6-22(29)21(14-18)27(37)33-20-5-7-24(23(30)15-20)39-28-26-19(2)25(16-36(26)32-17-31-28)38-13-12-35-10-8-34(3)9-11-35;;/h4-7,14-17H,8-13H2,1-3H3,(H,33,37);2*1H. The van der Waals surface area contributed by atoms with Crippen LogP contribution in [-0.2, 0) is 0 Å². The van der Waals surface area contributed by atoms with Crippen LogP contribution >= 0.6 is 24.8 Å². The van der Waals surface area contributed by atoms with Crippen molar-refractivity contribution in [3.63, 3.8) is 0 Å². The van der Waals surface area contributed by atoms with E-state index in [-0.39, 0.29) is 47.7 Å². The molecule has 220 valence electrons. The van der Waals surface area contributed by atoms with Crippen molar-refractivity contribution in [1.82, 2.24) is 24.4 Å². The number of nitrogens with zero attached hydrogens (tertiary/aromatic N) is 5. The lowest BCUT2D eigenvalue weighted by atomic mass is 10.1. The summed E-state index contributed by atoms with van der Waals surface area (Å²) in [5.41, 5.74) is 2.10. The van der Waals surface area contributed by atoms with Gasteiger partial charge < -0.3 is 19.7 Å². The smallest absolute Gasteiger partial charge is 0.258 e. The zero-order chi connectivity index (χ0) is 27.5. The van der Waals surface area contributed by atoms with Crippen molar-refractivity contribution in [3.8, 4) is 17.4 Å². The second-order valence-electron chi connectivity index (χ2n) is 9.65. The average Bonchev–Trinajstić information content (AvgIpc) is 3.24. The minimum absolute atomic E-state index is 0. The molecule has 1 saturated heterocycles. The Morgan fingerprint density at radius 2 is 1.76 bits per heavy atom. The molecular formula is C28H32Cl2F2N6O3. The Labute approximate surface area is 249 Å². The molecule has 0 spiro atoms. The van der Waals surface area contributed by atoms with Gasteiger partial charge in [0.15, 0.2) is 11.6 Å². The van der Waals surface area contributed by atoms with Gasteiger partial charge in [0.2, 0.25) is 5.88 Å². The van der Waals surface area contributed by atoms with E-state index in [0.717, 1.165) is 49.9 Å². The largest absolute Gasteiger partial charge is 0.490 e. The van der Waals surface area contributed by atoms with Crippen LogP contribution in [0.25, 0.3) is 5.52 Å². The third-order valence-electron chi connectivity index (χ3n) is 6.77. The number of piperazine rings is 1. The van der Waals surface area contributed by atoms with Gasteiger partial charge in [-0.15, -0.1) is 24.8 Å². The molecule has 0 radical (unpaired) electrons. The van der Waals surface area contributed by atoms with Crippen molar-refractivity contribution in [3.05, 3.63) is 77.2 Å². The Hall–Kier alpha value is -3.51. The number of hydrogen-bond donors (Lipinski definition) is 1. The van der Waals surface area contributed by atoms with E-state index in [2.05, 4.69) is 32.2 Å². The molecule has 1 N–H and O–H groups in total. The number of benzene rings is 2. The van der Waals surface area contributed by atoms with Crippen molar-refractivity contribution in [2.45, 2.75) is 13.8 Å². The summed E-state index contributed by atoms with van der Waals surface area (Å²) in [6.07, 6.45) is 3.07. The number of carbonyl (C=O) groups excluding carboxylic acids is 1. The Kier molecular flexibility index (Phi) is 10.9. The number of amides is 1. The lowest BCUT2D eigenvalue weighted by Crippen LogP contribution is -2.45. The number of fused-ring (bicyclic) bond motifs is 1. The van der Waals surface area contributed by atoms with E-state index < -0.39 is 17.5 Å². The van der Waals surface area contributed by atoms with E-state index in [1.165, 1.54) is 30.6 Å². The molecule has 4 aromatic rings. The van der Waals surface area contributed by atoms with Gasteiger partial charge in [0, 0.05) is 50.0 Å². The quantitative estimate of drug-likeness (QED) is 0.296. The molecule has 1 aliphatic heterocycles. The molecule has 3 heterocycles. The monoisotopic (exact) mass is 608 g/mol. The molecule has 5 rings (SSSR count). The number of halogens is 4. The van der Waals surface area contributed by atoms with Crippen molar-refractivity contribution >= 4 is 41.9 Å². The molecule has 41 heavy (non-hydrogen) atoms. The molecule has 0 atom stereocenters. The number of nitrogens with one attached hydrogen (secondary N) is 1. The topological polar surface area (TPSA) is 84.2 Å². The minimum Gasteiger partial charge on any atom is -0.490 e. The maximum atomic E-state index is 15.0. The van der Waals surface area contributed by atoms with E-state index in [1.807, 2.05) is 6.92 Å². The van der Waals surface area contributed by atoms with Crippen LogP contribution in [-0.4, -0.2) is 76.7 Å². The van der Waals surface area contributed by atoms with Crippen LogP contribution in [0.1, 0.15) is 21.5 Å². The molecule has 0 bridgehead atoms. The third-order valence-corrected chi connectivity index (χ3v) is 6.77. The van der Waals surface area contributed by atoms with Gasteiger partial charge >= 0.3 is 0 Å². The van der Waals surface area contributed by atoms with E-state index in [1.54, 1.807) is 23.7 Å². The molecular weight excluding hydrogens is 577 g/mol. The Morgan fingerprint density at radius 1 is 1.00 bits per heavy atom. The van der Waals surface area contributed by atoms with Gasteiger partial charge in [-0.3, -0.25) is 9.69 Å². The predicted molar refractivity (Wildman–Crippen MR) is 157 cm³/mol.